The molecule has 0 radical (unpaired) electrons. The van der Waals surface area contributed by atoms with Crippen molar-refractivity contribution in [1.29, 1.82) is 0 Å². The van der Waals surface area contributed by atoms with Crippen LogP contribution in [-0.4, -0.2) is 30.5 Å². The van der Waals surface area contributed by atoms with E-state index in [-0.39, 0.29) is 12.2 Å². The lowest BCUT2D eigenvalue weighted by atomic mass is 10.2. The van der Waals surface area contributed by atoms with Gasteiger partial charge in [-0.1, -0.05) is 0 Å². The lowest BCUT2D eigenvalue weighted by Gasteiger charge is -2.05. The molecule has 0 amide bonds. The van der Waals surface area contributed by atoms with Gasteiger partial charge in [-0.25, -0.2) is 13.4 Å². The van der Waals surface area contributed by atoms with E-state index in [2.05, 4.69) is 4.98 Å². The number of aliphatic hydroxyl groups excluding tert-OH is 1. The highest BCUT2D eigenvalue weighted by molar-refractivity contribution is 7.90. The van der Waals surface area contributed by atoms with Crippen LogP contribution < -0.4 is 0 Å². The molecule has 1 heterocycles. The van der Waals surface area contributed by atoms with Crippen LogP contribution in [0.3, 0.4) is 0 Å². The zero-order valence-corrected chi connectivity index (χ0v) is 8.81. The maximum atomic E-state index is 10.8. The van der Waals surface area contributed by atoms with Crippen molar-refractivity contribution in [3.63, 3.8) is 0 Å². The van der Waals surface area contributed by atoms with Crippen LogP contribution in [0.1, 0.15) is 18.2 Å². The third kappa shape index (κ3) is 3.84. The third-order valence-corrected chi connectivity index (χ3v) is 3.14. The highest BCUT2D eigenvalue weighted by Crippen LogP contribution is 2.16. The molecule has 1 rings (SSSR count). The summed E-state index contributed by atoms with van der Waals surface area (Å²) in [5.74, 6) is -0.00824. The second-order valence-electron chi connectivity index (χ2n) is 2.85. The number of aromatic nitrogens is 1. The average molecular weight is 221 g/mol. The van der Waals surface area contributed by atoms with E-state index in [1.54, 1.807) is 10.9 Å². The van der Waals surface area contributed by atoms with E-state index in [4.69, 9.17) is 0 Å². The first kappa shape index (κ1) is 10.6. The van der Waals surface area contributed by atoms with Gasteiger partial charge in [0.25, 0.3) is 0 Å². The van der Waals surface area contributed by atoms with E-state index < -0.39 is 15.9 Å². The molecule has 1 atom stereocenters. The van der Waals surface area contributed by atoms with Crippen molar-refractivity contribution in [2.75, 3.05) is 12.0 Å². The SMILES string of the molecule is CS(=O)(=O)CCC(O)c1cscn1. The maximum Gasteiger partial charge on any atom is 0.147 e. The molecule has 0 aliphatic carbocycles. The lowest BCUT2D eigenvalue weighted by molar-refractivity contribution is 0.170. The van der Waals surface area contributed by atoms with Gasteiger partial charge in [-0.05, 0) is 6.42 Å². The Hall–Kier alpha value is -0.460. The first-order valence-corrected chi connectivity index (χ1v) is 6.73. The summed E-state index contributed by atoms with van der Waals surface area (Å²) >= 11 is 1.38. The van der Waals surface area contributed by atoms with Crippen LogP contribution in [0.2, 0.25) is 0 Å². The number of hydrogen-bond donors (Lipinski definition) is 1. The molecule has 0 fully saturated rings. The van der Waals surface area contributed by atoms with Gasteiger partial charge in [-0.3, -0.25) is 0 Å². The first-order chi connectivity index (χ1) is 5.99. The molecule has 0 bridgehead atoms. The molecule has 0 aliphatic rings. The summed E-state index contributed by atoms with van der Waals surface area (Å²) < 4.78 is 21.6. The topological polar surface area (TPSA) is 67.3 Å². The predicted octanol–water partition coefficient (Wildman–Crippen LogP) is 0.611. The average Bonchev–Trinajstić information content (AvgIpc) is 2.50. The summed E-state index contributed by atoms with van der Waals surface area (Å²) in [5.41, 5.74) is 2.16. The van der Waals surface area contributed by atoms with Crippen molar-refractivity contribution in [3.05, 3.63) is 16.6 Å². The number of sulfone groups is 1. The Kier molecular flexibility index (Phi) is 3.40. The molecular formula is C7H11NO3S2. The van der Waals surface area contributed by atoms with Crippen molar-refractivity contribution >= 4 is 21.2 Å². The minimum Gasteiger partial charge on any atom is -0.387 e. The summed E-state index contributed by atoms with van der Waals surface area (Å²) in [4.78, 5) is 3.89. The normalized spacial score (nSPS) is 14.3. The van der Waals surface area contributed by atoms with E-state index in [1.165, 1.54) is 11.3 Å². The number of hydrogen-bond acceptors (Lipinski definition) is 5. The largest absolute Gasteiger partial charge is 0.387 e. The van der Waals surface area contributed by atoms with Gasteiger partial charge in [0.05, 0.1) is 23.1 Å². The van der Waals surface area contributed by atoms with Crippen LogP contribution in [0.5, 0.6) is 0 Å². The molecule has 13 heavy (non-hydrogen) atoms. The Labute approximate surface area is 81.2 Å². The fourth-order valence-corrected chi connectivity index (χ4v) is 2.11. The van der Waals surface area contributed by atoms with Crippen LogP contribution in [-0.2, 0) is 9.84 Å². The molecule has 1 aromatic rings. The van der Waals surface area contributed by atoms with Gasteiger partial charge < -0.3 is 5.11 Å². The second-order valence-corrected chi connectivity index (χ2v) is 5.83. The number of nitrogens with zero attached hydrogens (tertiary/aromatic N) is 1. The Balaban J connectivity index is 2.48. The number of aliphatic hydroxyl groups is 1. The summed E-state index contributed by atoms with van der Waals surface area (Å²) in [6.07, 6.45) is 0.601. The fraction of sp³-hybridized carbons (Fsp3) is 0.571. The van der Waals surface area contributed by atoms with Gasteiger partial charge in [0.15, 0.2) is 0 Å². The van der Waals surface area contributed by atoms with Crippen LogP contribution in [0.25, 0.3) is 0 Å². The van der Waals surface area contributed by atoms with Crippen LogP contribution in [0, 0.1) is 0 Å². The summed E-state index contributed by atoms with van der Waals surface area (Å²) in [7, 11) is -2.99. The van der Waals surface area contributed by atoms with E-state index in [0.717, 1.165) is 6.26 Å². The smallest absolute Gasteiger partial charge is 0.147 e. The van der Waals surface area contributed by atoms with Crippen LogP contribution >= 0.6 is 11.3 Å². The van der Waals surface area contributed by atoms with Crippen molar-refractivity contribution in [3.8, 4) is 0 Å². The molecular weight excluding hydrogens is 210 g/mol. The van der Waals surface area contributed by atoms with Crippen LogP contribution in [0.4, 0.5) is 0 Å². The Morgan fingerprint density at radius 3 is 2.85 bits per heavy atom. The van der Waals surface area contributed by atoms with Gasteiger partial charge in [0, 0.05) is 11.6 Å². The first-order valence-electron chi connectivity index (χ1n) is 3.73. The molecule has 1 aromatic heterocycles. The molecule has 0 spiro atoms. The number of thiazole rings is 1. The molecule has 1 unspecified atom stereocenters. The van der Waals surface area contributed by atoms with Gasteiger partial charge >= 0.3 is 0 Å². The Bertz CT molecular complexity index is 344. The van der Waals surface area contributed by atoms with E-state index in [1.807, 2.05) is 0 Å². The zero-order chi connectivity index (χ0) is 9.90. The molecule has 1 N–H and O–H groups in total. The predicted molar refractivity (Wildman–Crippen MR) is 51.4 cm³/mol. The monoisotopic (exact) mass is 221 g/mol. The minimum atomic E-state index is -2.99. The molecule has 0 aromatic carbocycles. The van der Waals surface area contributed by atoms with Crippen molar-refractivity contribution in [2.45, 2.75) is 12.5 Å². The lowest BCUT2D eigenvalue weighted by Crippen LogP contribution is -2.08. The van der Waals surface area contributed by atoms with Gasteiger partial charge in [0.1, 0.15) is 9.84 Å². The zero-order valence-electron chi connectivity index (χ0n) is 7.17. The highest BCUT2D eigenvalue weighted by atomic mass is 32.2. The third-order valence-electron chi connectivity index (χ3n) is 1.55. The molecule has 74 valence electrons. The molecule has 0 aliphatic heterocycles. The Morgan fingerprint density at radius 2 is 2.38 bits per heavy atom. The molecule has 6 heteroatoms. The summed E-state index contributed by atoms with van der Waals surface area (Å²) in [5, 5.41) is 11.2. The Morgan fingerprint density at radius 1 is 1.69 bits per heavy atom. The molecule has 0 saturated carbocycles. The van der Waals surface area contributed by atoms with Crippen molar-refractivity contribution < 1.29 is 13.5 Å². The fourth-order valence-electron chi connectivity index (χ4n) is 0.860. The van der Waals surface area contributed by atoms with Gasteiger partial charge in [-0.2, -0.15) is 0 Å². The van der Waals surface area contributed by atoms with E-state index in [0.29, 0.717) is 5.69 Å². The van der Waals surface area contributed by atoms with Gasteiger partial charge in [-0.15, -0.1) is 11.3 Å². The van der Waals surface area contributed by atoms with E-state index >= 15 is 0 Å². The van der Waals surface area contributed by atoms with Gasteiger partial charge in [0.2, 0.25) is 0 Å². The molecule has 0 saturated heterocycles. The maximum absolute atomic E-state index is 10.8. The summed E-state index contributed by atoms with van der Waals surface area (Å²) in [6, 6.07) is 0. The quantitative estimate of drug-likeness (QED) is 0.809. The standard InChI is InChI=1S/C7H11NO3S2/c1-13(10,11)3-2-7(9)6-4-12-5-8-6/h4-5,7,9H,2-3H2,1H3. The van der Waals surface area contributed by atoms with Crippen LogP contribution in [0.15, 0.2) is 10.9 Å². The highest BCUT2D eigenvalue weighted by Gasteiger charge is 2.12. The van der Waals surface area contributed by atoms with Crippen molar-refractivity contribution in [2.24, 2.45) is 0 Å². The van der Waals surface area contributed by atoms with E-state index in [9.17, 15) is 13.5 Å². The molecule has 4 nitrogen and oxygen atoms in total. The second kappa shape index (κ2) is 4.17. The summed E-state index contributed by atoms with van der Waals surface area (Å²) in [6.45, 7) is 0. The number of rotatable bonds is 4. The minimum absolute atomic E-state index is 0.00824. The van der Waals surface area contributed by atoms with Crippen molar-refractivity contribution in [1.82, 2.24) is 4.98 Å².